The van der Waals surface area contributed by atoms with Crippen LogP contribution in [0.2, 0.25) is 0 Å². The number of nitrogens with zero attached hydrogens (tertiary/aromatic N) is 3. The first-order chi connectivity index (χ1) is 16.5. The smallest absolute Gasteiger partial charge is 0.221 e. The minimum atomic E-state index is -0.0708. The predicted octanol–water partition coefficient (Wildman–Crippen LogP) is 2.67. The lowest BCUT2D eigenvalue weighted by Crippen LogP contribution is -2.76. The largest absolute Gasteiger partial charge is 0.369 e. The van der Waals surface area contributed by atoms with Gasteiger partial charge in [-0.25, -0.2) is 4.98 Å². The highest BCUT2D eigenvalue weighted by molar-refractivity contribution is 5.77. The van der Waals surface area contributed by atoms with Crippen LogP contribution >= 0.6 is 0 Å². The Hall–Kier alpha value is -2.69. The van der Waals surface area contributed by atoms with Crippen molar-refractivity contribution in [3.8, 4) is 6.07 Å². The molecule has 4 aliphatic carbocycles. The van der Waals surface area contributed by atoms with Gasteiger partial charge in [0, 0.05) is 44.7 Å². The number of piperazine rings is 1. The number of carbonyl (C=O) groups excluding carboxylic acids is 1. The third-order valence-electron chi connectivity index (χ3n) is 9.88. The quantitative estimate of drug-likeness (QED) is 0.577. The Bertz CT molecular complexity index is 1070. The molecule has 2 heterocycles. The number of nitrogens with two attached hydrogens (primary N) is 1. The molecule has 1 saturated heterocycles. The van der Waals surface area contributed by atoms with Crippen LogP contribution in [0, 0.1) is 35.0 Å². The van der Waals surface area contributed by atoms with Gasteiger partial charge >= 0.3 is 0 Å². The first-order valence-corrected chi connectivity index (χ1v) is 12.9. The molecule has 4 bridgehead atoms. The van der Waals surface area contributed by atoms with E-state index in [0.29, 0.717) is 17.4 Å². The molecule has 7 nitrogen and oxygen atoms in total. The Kier molecular flexibility index (Phi) is 5.27. The van der Waals surface area contributed by atoms with Crippen LogP contribution in [0.1, 0.15) is 55.0 Å². The molecule has 2 aromatic rings. The highest BCUT2D eigenvalue weighted by Gasteiger charge is 2.66. The summed E-state index contributed by atoms with van der Waals surface area (Å²) in [6.45, 7) is 4.21. The number of nitrogens with one attached hydrogen (secondary N) is 2. The SMILES string of the molecule is N#Cc1ccc(CC(c2cnc[nH]2)[N+]2(C34CC5CC(C3)C(C(N)=O)C(C5)C4)CCNCC2)cc1. The molecule has 178 valence electrons. The number of carbonyl (C=O) groups is 1. The molecule has 1 amide bonds. The van der Waals surface area contributed by atoms with Crippen molar-refractivity contribution in [3.63, 3.8) is 0 Å². The fourth-order valence-corrected chi connectivity index (χ4v) is 8.84. The van der Waals surface area contributed by atoms with Crippen LogP contribution in [0.4, 0.5) is 0 Å². The number of aromatic nitrogens is 2. The molecular formula is C27H35N6O+. The van der Waals surface area contributed by atoms with Gasteiger partial charge in [0.1, 0.15) is 11.6 Å². The molecule has 1 aromatic heterocycles. The van der Waals surface area contributed by atoms with Gasteiger partial charge in [0.25, 0.3) is 0 Å². The highest BCUT2D eigenvalue weighted by atomic mass is 16.1. The summed E-state index contributed by atoms with van der Waals surface area (Å²) in [5, 5.41) is 12.9. The summed E-state index contributed by atoms with van der Waals surface area (Å²) in [7, 11) is 0. The molecule has 5 aliphatic rings. The molecule has 3 atom stereocenters. The number of hydrogen-bond donors (Lipinski definition) is 3. The van der Waals surface area contributed by atoms with E-state index in [2.05, 4.69) is 33.5 Å². The van der Waals surface area contributed by atoms with Gasteiger partial charge in [0.2, 0.25) is 5.91 Å². The van der Waals surface area contributed by atoms with Crippen molar-refractivity contribution in [1.29, 1.82) is 5.26 Å². The molecule has 0 radical (unpaired) electrons. The molecule has 1 aliphatic heterocycles. The number of amides is 1. The number of nitriles is 1. The van der Waals surface area contributed by atoms with Crippen molar-refractivity contribution in [3.05, 3.63) is 53.6 Å². The van der Waals surface area contributed by atoms with Gasteiger partial charge in [-0.15, -0.1) is 0 Å². The molecule has 4 N–H and O–H groups in total. The molecule has 7 heteroatoms. The van der Waals surface area contributed by atoms with Crippen molar-refractivity contribution < 1.29 is 9.28 Å². The van der Waals surface area contributed by atoms with E-state index in [4.69, 9.17) is 5.73 Å². The fourth-order valence-electron chi connectivity index (χ4n) is 8.84. The molecular weight excluding hydrogens is 424 g/mol. The summed E-state index contributed by atoms with van der Waals surface area (Å²) < 4.78 is 1.07. The maximum atomic E-state index is 12.4. The van der Waals surface area contributed by atoms with E-state index < -0.39 is 0 Å². The molecule has 3 unspecified atom stereocenters. The van der Waals surface area contributed by atoms with Crippen LogP contribution in [-0.2, 0) is 11.2 Å². The lowest BCUT2D eigenvalue weighted by molar-refractivity contribution is -1.01. The van der Waals surface area contributed by atoms with Crippen LogP contribution in [0.25, 0.3) is 0 Å². The lowest BCUT2D eigenvalue weighted by Gasteiger charge is -2.68. The van der Waals surface area contributed by atoms with Crippen molar-refractivity contribution >= 4 is 5.91 Å². The second-order valence-corrected chi connectivity index (χ2v) is 11.4. The summed E-state index contributed by atoms with van der Waals surface area (Å²) in [5.74, 6) is 1.59. The minimum Gasteiger partial charge on any atom is -0.369 e. The molecule has 4 saturated carbocycles. The van der Waals surface area contributed by atoms with Gasteiger partial charge in [-0.05, 0) is 48.3 Å². The second-order valence-electron chi connectivity index (χ2n) is 11.4. The summed E-state index contributed by atoms with van der Waals surface area (Å²) in [6.07, 6.45) is 10.6. The fraction of sp³-hybridized carbons (Fsp3) is 0.593. The van der Waals surface area contributed by atoms with Crippen molar-refractivity contribution in [2.45, 2.75) is 50.1 Å². The number of hydrogen-bond acceptors (Lipinski definition) is 4. The van der Waals surface area contributed by atoms with Gasteiger partial charge in [-0.3, -0.25) is 4.79 Å². The zero-order valence-electron chi connectivity index (χ0n) is 19.7. The number of quaternary nitrogens is 1. The van der Waals surface area contributed by atoms with Gasteiger partial charge in [-0.2, -0.15) is 5.26 Å². The number of aromatic amines is 1. The third-order valence-corrected chi connectivity index (χ3v) is 9.88. The van der Waals surface area contributed by atoms with Gasteiger partial charge in [0.05, 0.1) is 42.9 Å². The van der Waals surface area contributed by atoms with Crippen molar-refractivity contribution in [2.75, 3.05) is 26.2 Å². The number of primary amides is 1. The summed E-state index contributed by atoms with van der Waals surface area (Å²) >= 11 is 0. The molecule has 1 aromatic carbocycles. The second kappa shape index (κ2) is 8.21. The minimum absolute atomic E-state index is 0.0665. The van der Waals surface area contributed by atoms with E-state index in [1.54, 1.807) is 0 Å². The molecule has 0 spiro atoms. The Morgan fingerprint density at radius 2 is 1.88 bits per heavy atom. The van der Waals surface area contributed by atoms with E-state index in [9.17, 15) is 10.1 Å². The topological polar surface area (TPSA) is 108 Å². The number of H-pyrrole nitrogens is 1. The maximum Gasteiger partial charge on any atom is 0.221 e. The van der Waals surface area contributed by atoms with Crippen LogP contribution in [0.5, 0.6) is 0 Å². The van der Waals surface area contributed by atoms with Crippen molar-refractivity contribution in [1.82, 2.24) is 15.3 Å². The summed E-state index contributed by atoms with van der Waals surface area (Å²) in [5.41, 5.74) is 9.29. The normalized spacial score (nSPS) is 34.4. The Labute approximate surface area is 201 Å². The number of imidazole rings is 1. The molecule has 34 heavy (non-hydrogen) atoms. The van der Waals surface area contributed by atoms with E-state index in [0.717, 1.165) is 55.8 Å². The third kappa shape index (κ3) is 3.30. The molecule has 5 fully saturated rings. The Morgan fingerprint density at radius 3 is 2.47 bits per heavy atom. The Balaban J connectivity index is 1.43. The average Bonchev–Trinajstić information content (AvgIpc) is 3.37. The van der Waals surface area contributed by atoms with E-state index in [1.807, 2.05) is 24.7 Å². The first-order valence-electron chi connectivity index (χ1n) is 12.9. The summed E-state index contributed by atoms with van der Waals surface area (Å²) in [4.78, 5) is 20.4. The standard InChI is InChI=1S/C27H34N6O/c28-15-19-3-1-18(2-4-19)11-24(23-16-31-17-32-23)33(7-5-30-6-8-33)27-12-20-9-21(13-27)25(26(29)34)22(10-20)14-27/h1-4,16-17,20-22,24-25,30H,5-14H2,(H2-,29,31,32,34)/p+1. The zero-order chi connectivity index (χ0) is 23.3. The first kappa shape index (κ1) is 21.8. The highest BCUT2D eigenvalue weighted by Crippen LogP contribution is 2.63. The van der Waals surface area contributed by atoms with E-state index >= 15 is 0 Å². The maximum absolute atomic E-state index is 12.4. The zero-order valence-corrected chi connectivity index (χ0v) is 19.7. The average molecular weight is 460 g/mol. The predicted molar refractivity (Wildman–Crippen MR) is 128 cm³/mol. The van der Waals surface area contributed by atoms with Crippen LogP contribution < -0.4 is 11.1 Å². The Morgan fingerprint density at radius 1 is 1.18 bits per heavy atom. The van der Waals surface area contributed by atoms with Crippen molar-refractivity contribution in [2.24, 2.45) is 29.4 Å². The number of benzene rings is 1. The summed E-state index contributed by atoms with van der Waals surface area (Å²) in [6, 6.07) is 10.6. The monoisotopic (exact) mass is 459 g/mol. The molecule has 7 rings (SSSR count). The van der Waals surface area contributed by atoms with Gasteiger partial charge < -0.3 is 20.5 Å². The van der Waals surface area contributed by atoms with E-state index in [1.165, 1.54) is 30.5 Å². The van der Waals surface area contributed by atoms with Gasteiger partial charge in [-0.1, -0.05) is 12.1 Å². The number of rotatable bonds is 6. The lowest BCUT2D eigenvalue weighted by atomic mass is 9.47. The van der Waals surface area contributed by atoms with Crippen LogP contribution in [0.15, 0.2) is 36.8 Å². The van der Waals surface area contributed by atoms with Crippen LogP contribution in [0.3, 0.4) is 0 Å². The van der Waals surface area contributed by atoms with Gasteiger partial charge in [0.15, 0.2) is 0 Å². The van der Waals surface area contributed by atoms with E-state index in [-0.39, 0.29) is 23.4 Å². The van der Waals surface area contributed by atoms with Crippen LogP contribution in [-0.4, -0.2) is 52.1 Å².